The van der Waals surface area contributed by atoms with Gasteiger partial charge in [-0.25, -0.2) is 0 Å². The number of carbonyl (C=O) groups is 2. The summed E-state index contributed by atoms with van der Waals surface area (Å²) < 4.78 is 0. The average molecular weight is 475 g/mol. The molecule has 0 saturated carbocycles. The van der Waals surface area contributed by atoms with Crippen LogP contribution < -0.4 is 0 Å². The molecule has 0 aliphatic carbocycles. The van der Waals surface area contributed by atoms with E-state index in [2.05, 4.69) is 33.8 Å². The summed E-state index contributed by atoms with van der Waals surface area (Å²) in [6, 6.07) is 8.31. The molecular weight excluding hydrogens is 444 g/mol. The molecule has 2 aromatic rings. The molecule has 1 aromatic heterocycles. The van der Waals surface area contributed by atoms with E-state index in [1.165, 1.54) is 10.4 Å². The number of hydrogen-bond donors (Lipinski definition) is 0. The lowest BCUT2D eigenvalue weighted by Gasteiger charge is -2.43. The van der Waals surface area contributed by atoms with E-state index < -0.39 is 0 Å². The van der Waals surface area contributed by atoms with Crippen LogP contribution in [-0.4, -0.2) is 70.3 Å². The number of thiazole rings is 1. The molecule has 172 valence electrons. The van der Waals surface area contributed by atoms with Gasteiger partial charge in [-0.15, -0.1) is 11.3 Å². The van der Waals surface area contributed by atoms with Gasteiger partial charge in [0.15, 0.2) is 0 Å². The highest BCUT2D eigenvalue weighted by Crippen LogP contribution is 2.33. The van der Waals surface area contributed by atoms with E-state index >= 15 is 0 Å². The topological polar surface area (TPSA) is 56.8 Å². The van der Waals surface area contributed by atoms with Gasteiger partial charge in [-0.3, -0.25) is 19.5 Å². The second kappa shape index (κ2) is 10.3. The molecule has 2 unspecified atom stereocenters. The number of amides is 2. The number of piperazine rings is 1. The molecule has 3 heterocycles. The lowest BCUT2D eigenvalue weighted by atomic mass is 9.92. The number of halogens is 1. The van der Waals surface area contributed by atoms with Crippen LogP contribution in [0.3, 0.4) is 0 Å². The fourth-order valence-electron chi connectivity index (χ4n) is 4.97. The minimum absolute atomic E-state index is 0.121. The van der Waals surface area contributed by atoms with E-state index in [9.17, 15) is 9.59 Å². The smallest absolute Gasteiger partial charge is 0.223 e. The fraction of sp³-hybridized carbons (Fsp3) is 0.542. The molecule has 0 bridgehead atoms. The lowest BCUT2D eigenvalue weighted by Crippen LogP contribution is -2.55. The number of benzene rings is 1. The van der Waals surface area contributed by atoms with Gasteiger partial charge in [0, 0.05) is 68.2 Å². The van der Waals surface area contributed by atoms with Crippen molar-refractivity contribution in [3.05, 3.63) is 51.4 Å². The molecule has 2 amide bonds. The Morgan fingerprint density at radius 2 is 1.88 bits per heavy atom. The number of nitrogens with zero attached hydrogens (tertiary/aromatic N) is 4. The van der Waals surface area contributed by atoms with Crippen molar-refractivity contribution < 1.29 is 9.59 Å². The van der Waals surface area contributed by atoms with Gasteiger partial charge in [-0.1, -0.05) is 23.7 Å². The van der Waals surface area contributed by atoms with Crippen LogP contribution in [0.5, 0.6) is 0 Å². The van der Waals surface area contributed by atoms with Crippen LogP contribution in [0.15, 0.2) is 36.0 Å². The van der Waals surface area contributed by atoms with Crippen molar-refractivity contribution in [2.45, 2.75) is 45.2 Å². The maximum atomic E-state index is 13.1. The van der Waals surface area contributed by atoms with Gasteiger partial charge in [0.25, 0.3) is 0 Å². The van der Waals surface area contributed by atoms with E-state index in [0.29, 0.717) is 12.3 Å². The first-order valence-corrected chi connectivity index (χ1v) is 12.6. The number of aromatic nitrogens is 1. The highest BCUT2D eigenvalue weighted by molar-refractivity contribution is 7.09. The predicted octanol–water partition coefficient (Wildman–Crippen LogP) is 4.07. The van der Waals surface area contributed by atoms with Gasteiger partial charge in [-0.2, -0.15) is 0 Å². The summed E-state index contributed by atoms with van der Waals surface area (Å²) >= 11 is 7.78. The highest BCUT2D eigenvalue weighted by atomic mass is 35.5. The van der Waals surface area contributed by atoms with Crippen LogP contribution in [0.25, 0.3) is 0 Å². The Morgan fingerprint density at radius 3 is 2.47 bits per heavy atom. The standard InChI is InChI=1S/C24H31ClN4O2S/c1-17-15-28(24(22-14-26-16-32-22)20-3-5-21(25)6-4-20)11-12-29(17)23(31)13-19-7-9-27(10-8-19)18(2)30/h3-6,14,16-17,19,24H,7-13,15H2,1-2H3. The zero-order chi connectivity index (χ0) is 22.7. The second-order valence-corrected chi connectivity index (χ2v) is 10.3. The van der Waals surface area contributed by atoms with Crippen molar-refractivity contribution in [3.8, 4) is 0 Å². The van der Waals surface area contributed by atoms with Crippen molar-refractivity contribution in [3.63, 3.8) is 0 Å². The molecule has 0 spiro atoms. The van der Waals surface area contributed by atoms with Gasteiger partial charge in [0.05, 0.1) is 11.6 Å². The van der Waals surface area contributed by atoms with Crippen LogP contribution in [0.1, 0.15) is 49.6 Å². The second-order valence-electron chi connectivity index (χ2n) is 8.94. The van der Waals surface area contributed by atoms with Gasteiger partial charge < -0.3 is 9.80 Å². The van der Waals surface area contributed by atoms with Crippen LogP contribution in [0.2, 0.25) is 5.02 Å². The summed E-state index contributed by atoms with van der Waals surface area (Å²) in [4.78, 5) is 36.6. The van der Waals surface area contributed by atoms with E-state index in [1.54, 1.807) is 18.3 Å². The highest BCUT2D eigenvalue weighted by Gasteiger charge is 2.34. The van der Waals surface area contributed by atoms with Gasteiger partial charge in [-0.05, 0) is 43.4 Å². The maximum Gasteiger partial charge on any atom is 0.223 e. The molecule has 4 rings (SSSR count). The first-order valence-electron chi connectivity index (χ1n) is 11.3. The van der Waals surface area contributed by atoms with Crippen molar-refractivity contribution in [2.24, 2.45) is 5.92 Å². The Morgan fingerprint density at radius 1 is 1.16 bits per heavy atom. The minimum atomic E-state index is 0.121. The summed E-state index contributed by atoms with van der Waals surface area (Å²) in [6.07, 6.45) is 4.37. The van der Waals surface area contributed by atoms with Gasteiger partial charge in [0.2, 0.25) is 11.8 Å². The summed E-state index contributed by atoms with van der Waals surface area (Å²) in [6.45, 7) is 7.69. The predicted molar refractivity (Wildman–Crippen MR) is 128 cm³/mol. The zero-order valence-electron chi connectivity index (χ0n) is 18.7. The quantitative estimate of drug-likeness (QED) is 0.655. The van der Waals surface area contributed by atoms with Crippen LogP contribution in [-0.2, 0) is 9.59 Å². The molecule has 2 aliphatic rings. The van der Waals surface area contributed by atoms with Crippen molar-refractivity contribution in [1.29, 1.82) is 0 Å². The SMILES string of the molecule is CC(=O)N1CCC(CC(=O)N2CCN(C(c3ccc(Cl)cc3)c3cncs3)CC2C)CC1. The lowest BCUT2D eigenvalue weighted by molar-refractivity contribution is -0.137. The summed E-state index contributed by atoms with van der Waals surface area (Å²) in [5.41, 5.74) is 3.07. The molecular formula is C24H31ClN4O2S. The molecule has 8 heteroatoms. The van der Waals surface area contributed by atoms with E-state index in [1.807, 2.05) is 28.7 Å². The van der Waals surface area contributed by atoms with Crippen molar-refractivity contribution >= 4 is 34.8 Å². The Balaban J connectivity index is 1.39. The molecule has 2 aliphatic heterocycles. The minimum Gasteiger partial charge on any atom is -0.343 e. The molecule has 32 heavy (non-hydrogen) atoms. The Kier molecular flexibility index (Phi) is 7.48. The van der Waals surface area contributed by atoms with Crippen LogP contribution in [0, 0.1) is 5.92 Å². The summed E-state index contributed by atoms with van der Waals surface area (Å²) in [7, 11) is 0. The molecule has 6 nitrogen and oxygen atoms in total. The third kappa shape index (κ3) is 5.33. The van der Waals surface area contributed by atoms with Crippen molar-refractivity contribution in [1.82, 2.24) is 19.7 Å². The number of hydrogen-bond acceptors (Lipinski definition) is 5. The van der Waals surface area contributed by atoms with E-state index in [0.717, 1.165) is 50.6 Å². The number of piperidine rings is 1. The molecule has 0 radical (unpaired) electrons. The molecule has 2 saturated heterocycles. The van der Waals surface area contributed by atoms with E-state index in [-0.39, 0.29) is 23.9 Å². The summed E-state index contributed by atoms with van der Waals surface area (Å²) in [5.74, 6) is 0.761. The van der Waals surface area contributed by atoms with Gasteiger partial charge in [0.1, 0.15) is 0 Å². The Labute approximate surface area is 199 Å². The number of carbonyl (C=O) groups excluding carboxylic acids is 2. The Bertz CT molecular complexity index is 913. The molecule has 2 fully saturated rings. The normalized spacial score (nSPS) is 21.5. The Hall–Kier alpha value is -1.96. The fourth-order valence-corrected chi connectivity index (χ4v) is 5.87. The third-order valence-corrected chi connectivity index (χ3v) is 7.85. The molecule has 2 atom stereocenters. The molecule has 0 N–H and O–H groups in total. The van der Waals surface area contributed by atoms with Crippen LogP contribution >= 0.6 is 22.9 Å². The maximum absolute atomic E-state index is 13.1. The first-order chi connectivity index (χ1) is 15.4. The summed E-state index contributed by atoms with van der Waals surface area (Å²) in [5, 5.41) is 0.731. The largest absolute Gasteiger partial charge is 0.343 e. The average Bonchev–Trinajstić information content (AvgIpc) is 3.30. The molecule has 1 aromatic carbocycles. The van der Waals surface area contributed by atoms with E-state index in [4.69, 9.17) is 11.6 Å². The zero-order valence-corrected chi connectivity index (χ0v) is 20.3. The van der Waals surface area contributed by atoms with Crippen LogP contribution in [0.4, 0.5) is 0 Å². The third-order valence-electron chi connectivity index (χ3n) is 6.77. The van der Waals surface area contributed by atoms with Crippen molar-refractivity contribution in [2.75, 3.05) is 32.7 Å². The monoisotopic (exact) mass is 474 g/mol. The first kappa shape index (κ1) is 23.2. The van der Waals surface area contributed by atoms with Gasteiger partial charge >= 0.3 is 0 Å². The number of rotatable bonds is 5. The number of likely N-dealkylation sites (tertiary alicyclic amines) is 1.